The molecule has 0 aliphatic rings. The minimum Gasteiger partial charge on any atom is -0.439 e. The Morgan fingerprint density at radius 1 is 1.19 bits per heavy atom. The molecule has 1 aromatic heterocycles. The molecule has 0 saturated carbocycles. The zero-order valence-corrected chi connectivity index (χ0v) is 15.3. The third-order valence-electron chi connectivity index (χ3n) is 3.66. The molecule has 0 radical (unpaired) electrons. The van der Waals surface area contributed by atoms with Crippen LogP contribution in [0.3, 0.4) is 0 Å². The van der Waals surface area contributed by atoms with Gasteiger partial charge in [-0.25, -0.2) is 24.0 Å². The van der Waals surface area contributed by atoms with Crippen molar-refractivity contribution >= 4 is 27.5 Å². The first-order valence-corrected chi connectivity index (χ1v) is 9.53. The van der Waals surface area contributed by atoms with Gasteiger partial charge in [0.05, 0.1) is 4.90 Å². The summed E-state index contributed by atoms with van der Waals surface area (Å²) >= 11 is 5.91. The fourth-order valence-electron chi connectivity index (χ4n) is 2.51. The van der Waals surface area contributed by atoms with Crippen molar-refractivity contribution in [2.75, 3.05) is 0 Å². The monoisotopic (exact) mass is 407 g/mol. The lowest BCUT2D eigenvalue weighted by atomic mass is 10.1. The summed E-state index contributed by atoms with van der Waals surface area (Å²) in [6.45, 7) is 0. The van der Waals surface area contributed by atoms with E-state index in [0.717, 1.165) is 0 Å². The summed E-state index contributed by atoms with van der Waals surface area (Å²) in [6, 6.07) is 12.7. The third-order valence-corrected chi connectivity index (χ3v) is 4.88. The molecule has 0 aliphatic carbocycles. The van der Waals surface area contributed by atoms with Crippen molar-refractivity contribution in [2.45, 2.75) is 11.3 Å². The van der Waals surface area contributed by atoms with Crippen molar-refractivity contribution in [3.05, 3.63) is 59.4 Å². The first kappa shape index (κ1) is 19.1. The van der Waals surface area contributed by atoms with Crippen molar-refractivity contribution < 1.29 is 22.8 Å². The predicted octanol–water partition coefficient (Wildman–Crippen LogP) is 2.36. The van der Waals surface area contributed by atoms with E-state index in [1.165, 1.54) is 23.7 Å². The van der Waals surface area contributed by atoms with Gasteiger partial charge in [-0.1, -0.05) is 35.9 Å². The van der Waals surface area contributed by atoms with Crippen LogP contribution in [-0.4, -0.2) is 24.5 Å². The Kier molecular flexibility index (Phi) is 5.29. The number of nitrogens with zero attached hydrogens (tertiary/aromatic N) is 1. The molecule has 0 atom stereocenters. The fraction of sp³-hybridized carbons (Fsp3) is 0.0588. The van der Waals surface area contributed by atoms with Gasteiger partial charge in [-0.15, -0.1) is 0 Å². The first-order chi connectivity index (χ1) is 12.8. The Morgan fingerprint density at radius 2 is 1.85 bits per heavy atom. The van der Waals surface area contributed by atoms with Crippen molar-refractivity contribution in [1.29, 1.82) is 0 Å². The van der Waals surface area contributed by atoms with E-state index < -0.39 is 15.9 Å². The summed E-state index contributed by atoms with van der Waals surface area (Å²) in [5, 5.41) is 14.5. The van der Waals surface area contributed by atoms with Gasteiger partial charge in [-0.05, 0) is 24.3 Å². The van der Waals surface area contributed by atoms with Crippen LogP contribution < -0.4 is 10.6 Å². The highest BCUT2D eigenvalue weighted by molar-refractivity contribution is 7.89. The second-order valence-corrected chi connectivity index (χ2v) is 7.51. The Labute approximate surface area is 159 Å². The maximum absolute atomic E-state index is 12.0. The van der Waals surface area contributed by atoms with E-state index in [-0.39, 0.29) is 28.5 Å². The molecule has 0 aliphatic heterocycles. The van der Waals surface area contributed by atoms with Crippen LogP contribution in [0.1, 0.15) is 5.89 Å². The Hall–Kier alpha value is -2.72. The van der Waals surface area contributed by atoms with Crippen LogP contribution >= 0.6 is 11.6 Å². The van der Waals surface area contributed by atoms with Gasteiger partial charge in [0.15, 0.2) is 5.76 Å². The fourth-order valence-corrected chi connectivity index (χ4v) is 3.37. The number of amides is 1. The van der Waals surface area contributed by atoms with E-state index in [4.69, 9.17) is 26.4 Å². The number of oxazole rings is 1. The van der Waals surface area contributed by atoms with Gasteiger partial charge in [-0.3, -0.25) is 10.0 Å². The molecule has 2 aromatic carbocycles. The molecule has 140 valence electrons. The lowest BCUT2D eigenvalue weighted by Gasteiger charge is -2.07. The van der Waals surface area contributed by atoms with Gasteiger partial charge >= 0.3 is 0 Å². The number of halogens is 1. The van der Waals surface area contributed by atoms with Crippen molar-refractivity contribution in [2.24, 2.45) is 5.14 Å². The minimum absolute atomic E-state index is 0.00859. The van der Waals surface area contributed by atoms with Crippen LogP contribution in [0.2, 0.25) is 5.02 Å². The topological polar surface area (TPSA) is 136 Å². The highest BCUT2D eigenvalue weighted by atomic mass is 35.5. The van der Waals surface area contributed by atoms with E-state index >= 15 is 0 Å². The van der Waals surface area contributed by atoms with Gasteiger partial charge in [0.1, 0.15) is 12.1 Å². The summed E-state index contributed by atoms with van der Waals surface area (Å²) in [4.78, 5) is 15.6. The number of sulfonamides is 1. The van der Waals surface area contributed by atoms with E-state index in [1.807, 2.05) is 0 Å². The number of primary sulfonamides is 1. The number of benzene rings is 2. The molecular formula is C17H14ClN3O5S. The molecule has 3 aromatic rings. The summed E-state index contributed by atoms with van der Waals surface area (Å²) in [7, 11) is -4.03. The summed E-state index contributed by atoms with van der Waals surface area (Å²) in [5.41, 5.74) is 2.60. The molecule has 1 amide bonds. The van der Waals surface area contributed by atoms with Gasteiger partial charge in [0.25, 0.3) is 5.91 Å². The quantitative estimate of drug-likeness (QED) is 0.438. The third kappa shape index (κ3) is 4.17. The molecule has 3 rings (SSSR count). The smallest absolute Gasteiger partial charge is 0.252 e. The Balaban J connectivity index is 2.23. The number of hydroxylamine groups is 1. The number of hydrogen-bond donors (Lipinski definition) is 3. The van der Waals surface area contributed by atoms with Gasteiger partial charge in [0.2, 0.25) is 15.9 Å². The lowest BCUT2D eigenvalue weighted by molar-refractivity contribution is -0.128. The number of nitrogens with two attached hydrogens (primary N) is 1. The maximum Gasteiger partial charge on any atom is 0.252 e. The largest absolute Gasteiger partial charge is 0.439 e. The molecule has 0 bridgehead atoms. The molecule has 0 saturated heterocycles. The number of aromatic nitrogens is 1. The summed E-state index contributed by atoms with van der Waals surface area (Å²) in [5.74, 6) is -0.612. The summed E-state index contributed by atoms with van der Waals surface area (Å²) < 4.78 is 29.6. The zero-order chi connectivity index (χ0) is 19.6. The van der Waals surface area contributed by atoms with E-state index in [0.29, 0.717) is 16.3 Å². The molecular weight excluding hydrogens is 394 g/mol. The van der Waals surface area contributed by atoms with E-state index in [2.05, 4.69) is 4.98 Å². The average Bonchev–Trinajstić information content (AvgIpc) is 3.05. The molecule has 0 unspecified atom stereocenters. The van der Waals surface area contributed by atoms with Crippen LogP contribution in [0.4, 0.5) is 0 Å². The molecule has 0 spiro atoms. The van der Waals surface area contributed by atoms with Crippen LogP contribution in [0, 0.1) is 0 Å². The standard InChI is InChI=1S/C17H14ClN3O5S/c18-11-7-5-10(6-8-11)16-17(26-15(20-16)9-14(22)21-23)12-3-1-2-4-13(12)27(19,24)25/h1-8,23H,9H2,(H,21,22)(H2,19,24,25). The maximum atomic E-state index is 12.0. The Morgan fingerprint density at radius 3 is 2.48 bits per heavy atom. The normalized spacial score (nSPS) is 11.4. The van der Waals surface area contributed by atoms with Crippen LogP contribution in [0.5, 0.6) is 0 Å². The second-order valence-electron chi connectivity index (χ2n) is 5.55. The van der Waals surface area contributed by atoms with Gasteiger partial charge in [-0.2, -0.15) is 0 Å². The van der Waals surface area contributed by atoms with Crippen LogP contribution in [0.25, 0.3) is 22.6 Å². The van der Waals surface area contributed by atoms with Gasteiger partial charge in [0, 0.05) is 16.1 Å². The molecule has 1 heterocycles. The average molecular weight is 408 g/mol. The van der Waals surface area contributed by atoms with Crippen molar-refractivity contribution in [3.8, 4) is 22.6 Å². The van der Waals surface area contributed by atoms with Gasteiger partial charge < -0.3 is 4.42 Å². The van der Waals surface area contributed by atoms with E-state index in [9.17, 15) is 13.2 Å². The molecule has 0 fully saturated rings. The summed E-state index contributed by atoms with van der Waals surface area (Å²) in [6.07, 6.45) is -0.339. The van der Waals surface area contributed by atoms with Crippen molar-refractivity contribution in [1.82, 2.24) is 10.5 Å². The molecule has 4 N–H and O–H groups in total. The molecule has 10 heteroatoms. The number of hydrogen-bond acceptors (Lipinski definition) is 6. The number of nitrogens with one attached hydrogen (secondary N) is 1. The number of carbonyl (C=O) groups is 1. The predicted molar refractivity (Wildman–Crippen MR) is 97.4 cm³/mol. The minimum atomic E-state index is -4.03. The molecule has 8 nitrogen and oxygen atoms in total. The lowest BCUT2D eigenvalue weighted by Crippen LogP contribution is -2.20. The zero-order valence-electron chi connectivity index (χ0n) is 13.7. The van der Waals surface area contributed by atoms with Crippen LogP contribution in [0.15, 0.2) is 57.8 Å². The van der Waals surface area contributed by atoms with Crippen LogP contribution in [-0.2, 0) is 21.2 Å². The SMILES string of the molecule is NS(=O)(=O)c1ccccc1-c1oc(CC(=O)NO)nc1-c1ccc(Cl)cc1. The highest BCUT2D eigenvalue weighted by Gasteiger charge is 2.23. The number of carbonyl (C=O) groups excluding carboxylic acids is 1. The first-order valence-electron chi connectivity index (χ1n) is 7.60. The highest BCUT2D eigenvalue weighted by Crippen LogP contribution is 2.36. The second kappa shape index (κ2) is 7.49. The Bertz CT molecular complexity index is 1090. The van der Waals surface area contributed by atoms with E-state index in [1.54, 1.807) is 30.3 Å². The molecule has 27 heavy (non-hydrogen) atoms. The number of rotatable bonds is 5. The van der Waals surface area contributed by atoms with Crippen molar-refractivity contribution in [3.63, 3.8) is 0 Å².